The minimum atomic E-state index is -3.16. The van der Waals surface area contributed by atoms with Crippen LogP contribution >= 0.6 is 0 Å². The van der Waals surface area contributed by atoms with E-state index in [0.717, 1.165) is 0 Å². The molecule has 1 amide bonds. The lowest BCUT2D eigenvalue weighted by atomic mass is 9.83. The Labute approximate surface area is 175 Å². The van der Waals surface area contributed by atoms with Gasteiger partial charge in [0.1, 0.15) is 23.1 Å². The average molecular weight is 432 g/mol. The number of carbonyl (C=O) groups is 1. The monoisotopic (exact) mass is 432 g/mol. The molecule has 6 nitrogen and oxygen atoms in total. The Hall–Kier alpha value is -2.94. The third-order valence-electron chi connectivity index (χ3n) is 6.56. The summed E-state index contributed by atoms with van der Waals surface area (Å²) in [5.74, 6) is -5.80. The van der Waals surface area contributed by atoms with Gasteiger partial charge in [0, 0.05) is 31.1 Å². The molecule has 0 aromatic heterocycles. The van der Waals surface area contributed by atoms with E-state index >= 15 is 0 Å². The number of rotatable bonds is 3. The van der Waals surface area contributed by atoms with Gasteiger partial charge in [0.25, 0.3) is 5.92 Å². The maximum atomic E-state index is 14.7. The van der Waals surface area contributed by atoms with E-state index in [-0.39, 0.29) is 6.79 Å². The highest BCUT2D eigenvalue weighted by Crippen LogP contribution is 2.62. The maximum absolute atomic E-state index is 14.7. The second-order valence-electron chi connectivity index (χ2n) is 8.58. The minimum absolute atomic E-state index is 0.0458. The van der Waals surface area contributed by atoms with Gasteiger partial charge >= 0.3 is 0 Å². The van der Waals surface area contributed by atoms with E-state index in [9.17, 15) is 18.0 Å². The molecule has 162 valence electrons. The molecule has 1 saturated carbocycles. The fourth-order valence-electron chi connectivity index (χ4n) is 4.83. The number of hydrogen-bond donors (Lipinski definition) is 2. The number of ether oxygens (including phenoxy) is 3. The van der Waals surface area contributed by atoms with Crippen LogP contribution < -0.4 is 24.8 Å². The first-order chi connectivity index (χ1) is 14.9. The third kappa shape index (κ3) is 2.86. The van der Waals surface area contributed by atoms with Crippen LogP contribution in [0.25, 0.3) is 0 Å². The smallest absolute Gasteiger partial charge is 0.268 e. The normalized spacial score (nSPS) is 28.3. The summed E-state index contributed by atoms with van der Waals surface area (Å²) in [6, 6.07) is 8.19. The van der Waals surface area contributed by atoms with Gasteiger partial charge in [-0.3, -0.25) is 4.79 Å². The fourth-order valence-corrected chi connectivity index (χ4v) is 4.83. The summed E-state index contributed by atoms with van der Waals surface area (Å²) < 4.78 is 59.5. The molecule has 0 radical (unpaired) electrons. The number of alkyl halides is 2. The Morgan fingerprint density at radius 2 is 1.87 bits per heavy atom. The zero-order chi connectivity index (χ0) is 21.4. The lowest BCUT2D eigenvalue weighted by Crippen LogP contribution is -2.65. The van der Waals surface area contributed by atoms with E-state index in [4.69, 9.17) is 14.2 Å². The van der Waals surface area contributed by atoms with Crippen LogP contribution in [0.3, 0.4) is 0 Å². The summed E-state index contributed by atoms with van der Waals surface area (Å²) in [6.07, 6.45) is 0.428. The molecule has 3 aliphatic heterocycles. The number of amides is 1. The summed E-state index contributed by atoms with van der Waals surface area (Å²) in [4.78, 5) is 12.9. The van der Waals surface area contributed by atoms with Crippen molar-refractivity contribution in [1.29, 1.82) is 0 Å². The summed E-state index contributed by atoms with van der Waals surface area (Å²) >= 11 is 0. The number of fused-ring (bicyclic) bond motifs is 2. The van der Waals surface area contributed by atoms with E-state index in [2.05, 4.69) is 10.6 Å². The summed E-state index contributed by atoms with van der Waals surface area (Å²) in [6.45, 7) is 1.15. The summed E-state index contributed by atoms with van der Waals surface area (Å²) in [7, 11) is 0. The van der Waals surface area contributed by atoms with E-state index in [1.165, 1.54) is 24.3 Å². The van der Waals surface area contributed by atoms with Crippen molar-refractivity contribution >= 4 is 5.91 Å². The first kappa shape index (κ1) is 18.8. The Kier molecular flexibility index (Phi) is 3.81. The fraction of sp³-hybridized carbons (Fsp3) is 0.409. The topological polar surface area (TPSA) is 68.8 Å². The molecule has 3 atom stereocenters. The number of benzene rings is 2. The van der Waals surface area contributed by atoms with Crippen molar-refractivity contribution in [1.82, 2.24) is 10.6 Å². The van der Waals surface area contributed by atoms with Gasteiger partial charge in [-0.05, 0) is 23.8 Å². The summed E-state index contributed by atoms with van der Waals surface area (Å²) in [5, 5.41) is 5.90. The summed E-state index contributed by atoms with van der Waals surface area (Å²) in [5.41, 5.74) is 0.362. The number of nitrogens with one attached hydrogen (secondary N) is 2. The van der Waals surface area contributed by atoms with E-state index < -0.39 is 41.1 Å². The SMILES string of the molecule is O=C(NC1CC2(CNC2)Oc2cc(F)ccc21)C1C(c2ccc3c(c2)OCO3)C1(F)F. The highest BCUT2D eigenvalue weighted by Gasteiger charge is 2.72. The van der Waals surface area contributed by atoms with Gasteiger partial charge in [0.05, 0.1) is 12.0 Å². The molecule has 3 heterocycles. The number of halogens is 3. The van der Waals surface area contributed by atoms with Crippen LogP contribution in [0.1, 0.15) is 29.5 Å². The van der Waals surface area contributed by atoms with Crippen molar-refractivity contribution in [2.75, 3.05) is 19.9 Å². The zero-order valence-electron chi connectivity index (χ0n) is 16.3. The average Bonchev–Trinajstić information content (AvgIpc) is 3.05. The molecule has 0 bridgehead atoms. The minimum Gasteiger partial charge on any atom is -0.484 e. The van der Waals surface area contributed by atoms with Gasteiger partial charge in [0.15, 0.2) is 11.5 Å². The van der Waals surface area contributed by atoms with Gasteiger partial charge < -0.3 is 24.8 Å². The Balaban J connectivity index is 1.25. The predicted octanol–water partition coefficient (Wildman–Crippen LogP) is 2.89. The standard InChI is InChI=1S/C22H19F3N2O4/c23-12-2-3-13-14(7-21(8-26-9-21)31-16(13)6-12)27-20(28)19-18(22(19,24)25)11-1-4-15-17(5-11)30-10-29-15/h1-6,14,18-19,26H,7-10H2,(H,27,28). The second-order valence-corrected chi connectivity index (χ2v) is 8.58. The first-order valence-electron chi connectivity index (χ1n) is 10.1. The lowest BCUT2D eigenvalue weighted by molar-refractivity contribution is -0.126. The van der Waals surface area contributed by atoms with Gasteiger partial charge in [-0.2, -0.15) is 0 Å². The molecule has 1 spiro atoms. The maximum Gasteiger partial charge on any atom is 0.268 e. The van der Waals surface area contributed by atoms with E-state index in [0.29, 0.717) is 47.9 Å². The van der Waals surface area contributed by atoms with Crippen LogP contribution in [0.2, 0.25) is 0 Å². The van der Waals surface area contributed by atoms with Crippen LogP contribution in [0.5, 0.6) is 17.2 Å². The largest absolute Gasteiger partial charge is 0.484 e. The van der Waals surface area contributed by atoms with Crippen LogP contribution in [0, 0.1) is 11.7 Å². The quantitative estimate of drug-likeness (QED) is 0.781. The molecule has 4 aliphatic rings. The molecule has 2 N–H and O–H groups in total. The highest BCUT2D eigenvalue weighted by atomic mass is 19.3. The van der Waals surface area contributed by atoms with Crippen molar-refractivity contribution in [2.45, 2.75) is 29.9 Å². The van der Waals surface area contributed by atoms with Crippen LogP contribution in [0.15, 0.2) is 36.4 Å². The molecule has 2 fully saturated rings. The molecule has 2 aromatic carbocycles. The van der Waals surface area contributed by atoms with Crippen molar-refractivity contribution in [3.63, 3.8) is 0 Å². The Morgan fingerprint density at radius 3 is 2.65 bits per heavy atom. The van der Waals surface area contributed by atoms with Crippen LogP contribution in [-0.2, 0) is 4.79 Å². The second kappa shape index (κ2) is 6.29. The molecule has 1 aliphatic carbocycles. The Morgan fingerprint density at radius 1 is 1.06 bits per heavy atom. The van der Waals surface area contributed by atoms with Crippen LogP contribution in [0.4, 0.5) is 13.2 Å². The van der Waals surface area contributed by atoms with Gasteiger partial charge in [0.2, 0.25) is 12.7 Å². The van der Waals surface area contributed by atoms with E-state index in [1.54, 1.807) is 12.1 Å². The van der Waals surface area contributed by atoms with Gasteiger partial charge in [-0.15, -0.1) is 0 Å². The molecule has 3 unspecified atom stereocenters. The molecular weight excluding hydrogens is 413 g/mol. The third-order valence-corrected chi connectivity index (χ3v) is 6.56. The zero-order valence-corrected chi connectivity index (χ0v) is 16.3. The lowest BCUT2D eigenvalue weighted by Gasteiger charge is -2.48. The van der Waals surface area contributed by atoms with E-state index in [1.807, 2.05) is 0 Å². The van der Waals surface area contributed by atoms with Gasteiger partial charge in [-0.25, -0.2) is 13.2 Å². The first-order valence-corrected chi connectivity index (χ1v) is 10.1. The molecule has 1 saturated heterocycles. The Bertz CT molecular complexity index is 1090. The molecule has 31 heavy (non-hydrogen) atoms. The van der Waals surface area contributed by atoms with Crippen LogP contribution in [-0.4, -0.2) is 37.3 Å². The molecule has 2 aromatic rings. The van der Waals surface area contributed by atoms with Crippen molar-refractivity contribution in [2.24, 2.45) is 5.92 Å². The number of carbonyl (C=O) groups excluding carboxylic acids is 1. The predicted molar refractivity (Wildman–Crippen MR) is 102 cm³/mol. The van der Waals surface area contributed by atoms with Gasteiger partial charge in [-0.1, -0.05) is 12.1 Å². The highest BCUT2D eigenvalue weighted by molar-refractivity contribution is 5.86. The van der Waals surface area contributed by atoms with Crippen molar-refractivity contribution < 1.29 is 32.2 Å². The van der Waals surface area contributed by atoms with Crippen molar-refractivity contribution in [3.05, 3.63) is 53.3 Å². The van der Waals surface area contributed by atoms with Crippen molar-refractivity contribution in [3.8, 4) is 17.2 Å². The molecular formula is C22H19F3N2O4. The molecule has 9 heteroatoms. The molecule has 6 rings (SSSR count). The number of hydrogen-bond acceptors (Lipinski definition) is 5.